The van der Waals surface area contributed by atoms with Gasteiger partial charge in [-0.2, -0.15) is 0 Å². The van der Waals surface area contributed by atoms with E-state index in [0.29, 0.717) is 6.42 Å². The summed E-state index contributed by atoms with van der Waals surface area (Å²) in [6.45, 7) is 4.34. The monoisotopic (exact) mass is 776 g/mol. The van der Waals surface area contributed by atoms with E-state index >= 15 is 0 Å². The Bertz CT molecular complexity index is 754. The number of hydrogen-bond donors (Lipinski definition) is 3. The second-order valence-electron chi connectivity index (χ2n) is 17.6. The quantitative estimate of drug-likeness (QED) is 0.0426. The zero-order valence-corrected chi connectivity index (χ0v) is 37.7. The first-order valence-electron chi connectivity index (χ1n) is 25.4. The highest BCUT2D eigenvalue weighted by atomic mass is 16.3. The fraction of sp³-hybridized carbons (Fsp3) is 0.941. The first kappa shape index (κ1) is 54.1. The highest BCUT2D eigenvalue weighted by molar-refractivity contribution is 5.76. The number of carbonyl (C=O) groups is 1. The molecule has 2 atom stereocenters. The van der Waals surface area contributed by atoms with E-state index in [1.54, 1.807) is 6.08 Å². The van der Waals surface area contributed by atoms with Gasteiger partial charge in [-0.15, -0.1) is 0 Å². The van der Waals surface area contributed by atoms with Crippen LogP contribution < -0.4 is 5.32 Å². The molecular weight excluding hydrogens is 675 g/mol. The lowest BCUT2D eigenvalue weighted by molar-refractivity contribution is -0.123. The molecule has 1 amide bonds. The van der Waals surface area contributed by atoms with Crippen molar-refractivity contribution in [2.75, 3.05) is 6.61 Å². The number of amides is 1. The second kappa shape index (κ2) is 47.5. The van der Waals surface area contributed by atoms with Crippen LogP contribution in [0.3, 0.4) is 0 Å². The van der Waals surface area contributed by atoms with Crippen molar-refractivity contribution < 1.29 is 15.0 Å². The number of rotatable bonds is 47. The van der Waals surface area contributed by atoms with Gasteiger partial charge in [0.05, 0.1) is 18.8 Å². The first-order valence-corrected chi connectivity index (χ1v) is 25.4. The minimum Gasteiger partial charge on any atom is -0.394 e. The second-order valence-corrected chi connectivity index (χ2v) is 17.6. The summed E-state index contributed by atoms with van der Waals surface area (Å²) in [6, 6.07) is -0.616. The van der Waals surface area contributed by atoms with Crippen molar-refractivity contribution in [2.24, 2.45) is 0 Å². The van der Waals surface area contributed by atoms with Gasteiger partial charge in [0.1, 0.15) is 0 Å². The average molecular weight is 776 g/mol. The van der Waals surface area contributed by atoms with Gasteiger partial charge in [0.25, 0.3) is 0 Å². The Morgan fingerprint density at radius 2 is 0.673 bits per heavy atom. The minimum absolute atomic E-state index is 0.0576. The molecule has 0 rings (SSSR count). The third-order valence-electron chi connectivity index (χ3n) is 12.0. The van der Waals surface area contributed by atoms with E-state index in [2.05, 4.69) is 19.2 Å². The van der Waals surface area contributed by atoms with Crippen molar-refractivity contribution >= 4 is 5.91 Å². The Kier molecular flexibility index (Phi) is 46.8. The van der Waals surface area contributed by atoms with Crippen LogP contribution in [-0.4, -0.2) is 34.9 Å². The molecule has 0 saturated heterocycles. The third kappa shape index (κ3) is 44.1. The van der Waals surface area contributed by atoms with E-state index in [9.17, 15) is 15.0 Å². The molecule has 4 nitrogen and oxygen atoms in total. The van der Waals surface area contributed by atoms with E-state index in [1.165, 1.54) is 244 Å². The van der Waals surface area contributed by atoms with Crippen molar-refractivity contribution in [3.8, 4) is 0 Å². The van der Waals surface area contributed by atoms with E-state index in [-0.39, 0.29) is 12.5 Å². The molecule has 0 fully saturated rings. The molecule has 3 N–H and O–H groups in total. The fourth-order valence-electron chi connectivity index (χ4n) is 8.12. The number of aliphatic hydroxyl groups is 2. The molecule has 0 bridgehead atoms. The van der Waals surface area contributed by atoms with E-state index in [1.807, 2.05) is 6.08 Å². The Balaban J connectivity index is 3.43. The molecule has 0 aliphatic rings. The molecular formula is C51H101NO3. The van der Waals surface area contributed by atoms with Crippen LogP contribution in [0, 0.1) is 0 Å². The Hall–Kier alpha value is -0.870. The lowest BCUT2D eigenvalue weighted by atomic mass is 10.0. The molecule has 0 aliphatic carbocycles. The van der Waals surface area contributed by atoms with Crippen molar-refractivity contribution in [1.82, 2.24) is 5.32 Å². The number of hydrogen-bond acceptors (Lipinski definition) is 3. The summed E-state index contributed by atoms with van der Waals surface area (Å²) in [6.07, 6.45) is 60.7. The van der Waals surface area contributed by atoms with Gasteiger partial charge in [-0.1, -0.05) is 276 Å². The average Bonchev–Trinajstić information content (AvgIpc) is 3.19. The number of allylic oxidation sites excluding steroid dienone is 1. The molecule has 0 spiro atoms. The van der Waals surface area contributed by atoms with Crippen molar-refractivity contribution in [3.05, 3.63) is 12.2 Å². The molecule has 0 heterocycles. The summed E-state index contributed by atoms with van der Waals surface area (Å²) in [4.78, 5) is 12.4. The number of aliphatic hydroxyl groups excluding tert-OH is 2. The first-order chi connectivity index (χ1) is 27.2. The SMILES string of the molecule is CCCCCCCCCCCCCCC/C=C/C(O)C(CO)NC(=O)CCCCCCCCCCCCCCCCCCCCCCCCCCCCCC. The molecule has 4 heteroatoms. The zero-order chi connectivity index (χ0) is 40.0. The third-order valence-corrected chi connectivity index (χ3v) is 12.0. The van der Waals surface area contributed by atoms with Crippen molar-refractivity contribution in [1.29, 1.82) is 0 Å². The Labute approximate surface area is 346 Å². The Morgan fingerprint density at radius 3 is 0.945 bits per heavy atom. The number of carbonyl (C=O) groups excluding carboxylic acids is 1. The zero-order valence-electron chi connectivity index (χ0n) is 37.7. The normalized spacial score (nSPS) is 12.9. The molecule has 2 unspecified atom stereocenters. The van der Waals surface area contributed by atoms with Crippen LogP contribution in [0.4, 0.5) is 0 Å². The van der Waals surface area contributed by atoms with Gasteiger partial charge in [0, 0.05) is 6.42 Å². The van der Waals surface area contributed by atoms with Crippen LogP contribution in [0.15, 0.2) is 12.2 Å². The molecule has 0 aromatic rings. The summed E-state index contributed by atoms with van der Waals surface area (Å²) in [5.74, 6) is -0.0576. The minimum atomic E-state index is -0.834. The van der Waals surface area contributed by atoms with Crippen LogP contribution >= 0.6 is 0 Å². The number of unbranched alkanes of at least 4 members (excludes halogenated alkanes) is 40. The maximum absolute atomic E-state index is 12.4. The maximum Gasteiger partial charge on any atom is 0.220 e. The molecule has 0 radical (unpaired) electrons. The summed E-state index contributed by atoms with van der Waals surface area (Å²) in [5, 5.41) is 23.1. The van der Waals surface area contributed by atoms with Crippen LogP contribution in [0.25, 0.3) is 0 Å². The van der Waals surface area contributed by atoms with Gasteiger partial charge < -0.3 is 15.5 Å². The molecule has 328 valence electrons. The lowest BCUT2D eigenvalue weighted by Crippen LogP contribution is -2.45. The van der Waals surface area contributed by atoms with Crippen LogP contribution in [0.5, 0.6) is 0 Å². The Morgan fingerprint density at radius 1 is 0.418 bits per heavy atom. The van der Waals surface area contributed by atoms with E-state index in [0.717, 1.165) is 25.7 Å². The van der Waals surface area contributed by atoms with Crippen molar-refractivity contribution in [2.45, 2.75) is 302 Å². The molecule has 0 aromatic heterocycles. The van der Waals surface area contributed by atoms with Gasteiger partial charge in [-0.25, -0.2) is 0 Å². The van der Waals surface area contributed by atoms with E-state index in [4.69, 9.17) is 0 Å². The van der Waals surface area contributed by atoms with Gasteiger partial charge in [-0.05, 0) is 19.3 Å². The van der Waals surface area contributed by atoms with Gasteiger partial charge >= 0.3 is 0 Å². The largest absolute Gasteiger partial charge is 0.394 e. The lowest BCUT2D eigenvalue weighted by Gasteiger charge is -2.20. The number of nitrogens with one attached hydrogen (secondary N) is 1. The van der Waals surface area contributed by atoms with Gasteiger partial charge in [0.15, 0.2) is 0 Å². The predicted octanol–water partition coefficient (Wildman–Crippen LogP) is 16.2. The summed E-state index contributed by atoms with van der Waals surface area (Å²) >= 11 is 0. The molecule has 0 aliphatic heterocycles. The summed E-state index contributed by atoms with van der Waals surface area (Å²) in [7, 11) is 0. The van der Waals surface area contributed by atoms with E-state index < -0.39 is 12.1 Å². The van der Waals surface area contributed by atoms with Crippen LogP contribution in [-0.2, 0) is 4.79 Å². The summed E-state index contributed by atoms with van der Waals surface area (Å²) in [5.41, 5.74) is 0. The molecule has 55 heavy (non-hydrogen) atoms. The molecule has 0 aromatic carbocycles. The van der Waals surface area contributed by atoms with Gasteiger partial charge in [-0.3, -0.25) is 4.79 Å². The van der Waals surface area contributed by atoms with Gasteiger partial charge in [0.2, 0.25) is 5.91 Å². The summed E-state index contributed by atoms with van der Waals surface area (Å²) < 4.78 is 0. The van der Waals surface area contributed by atoms with Crippen molar-refractivity contribution in [3.63, 3.8) is 0 Å². The predicted molar refractivity (Wildman–Crippen MR) is 244 cm³/mol. The maximum atomic E-state index is 12.4. The molecule has 0 saturated carbocycles. The standard InChI is InChI=1S/C51H101NO3/c1-3-5-7-9-11-13-15-17-19-20-21-22-23-24-25-26-27-28-29-30-31-33-35-37-39-41-43-45-47-51(55)52-49(48-53)50(54)46-44-42-40-38-36-34-32-18-16-14-12-10-8-6-4-2/h44,46,49-50,53-54H,3-43,45,47-48H2,1-2H3,(H,52,55)/b46-44+. The highest BCUT2D eigenvalue weighted by Gasteiger charge is 2.18. The topological polar surface area (TPSA) is 69.6 Å². The van der Waals surface area contributed by atoms with Crippen LogP contribution in [0.2, 0.25) is 0 Å². The fourth-order valence-corrected chi connectivity index (χ4v) is 8.12. The van der Waals surface area contributed by atoms with Crippen LogP contribution in [0.1, 0.15) is 290 Å². The highest BCUT2D eigenvalue weighted by Crippen LogP contribution is 2.17. The smallest absolute Gasteiger partial charge is 0.220 e.